The molecule has 0 spiro atoms. The van der Waals surface area contributed by atoms with Crippen LogP contribution in [0.1, 0.15) is 11.1 Å². The van der Waals surface area contributed by atoms with E-state index in [0.717, 1.165) is 11.1 Å². The van der Waals surface area contributed by atoms with Gasteiger partial charge in [-0.2, -0.15) is 0 Å². The zero-order valence-corrected chi connectivity index (χ0v) is 14.6. The molecular weight excluding hydrogens is 382 g/mol. The Kier molecular flexibility index (Phi) is 5.63. The van der Waals surface area contributed by atoms with Crippen LogP contribution in [0.25, 0.3) is 0 Å². The van der Waals surface area contributed by atoms with Gasteiger partial charge in [0.25, 0.3) is 5.91 Å². The first-order valence-electron chi connectivity index (χ1n) is 6.76. The van der Waals surface area contributed by atoms with E-state index in [4.69, 9.17) is 21.7 Å². The monoisotopic (exact) mass is 395 g/mol. The fourth-order valence-electron chi connectivity index (χ4n) is 2.24. The third-order valence-corrected chi connectivity index (χ3v) is 3.57. The predicted octanol–water partition coefficient (Wildman–Crippen LogP) is 3.17. The Balaban J connectivity index is 0.00000192. The quantitative estimate of drug-likeness (QED) is 0.834. The molecule has 0 atom stereocenters. The van der Waals surface area contributed by atoms with Crippen molar-refractivity contribution in [3.63, 3.8) is 0 Å². The summed E-state index contributed by atoms with van der Waals surface area (Å²) in [6, 6.07) is 14.4. The van der Waals surface area contributed by atoms with Gasteiger partial charge in [0.1, 0.15) is 11.6 Å². The summed E-state index contributed by atoms with van der Waals surface area (Å²) in [5.74, 6) is 0.544. The molecule has 1 aliphatic rings. The van der Waals surface area contributed by atoms with Crippen LogP contribution in [-0.2, 0) is 11.3 Å². The van der Waals surface area contributed by atoms with Gasteiger partial charge in [0.05, 0.1) is 6.54 Å². The molecule has 0 saturated carbocycles. The predicted molar refractivity (Wildman–Crippen MR) is 94.2 cm³/mol. The largest absolute Gasteiger partial charge is 0.484 e. The molecule has 7 heteroatoms. The molecule has 2 aromatic rings. The lowest BCUT2D eigenvalue weighted by atomic mass is 10.1. The molecule has 0 bridgehead atoms. The van der Waals surface area contributed by atoms with Crippen LogP contribution in [-0.4, -0.2) is 23.4 Å². The molecule has 0 aliphatic carbocycles. The highest BCUT2D eigenvalue weighted by atomic mass is 79.9. The summed E-state index contributed by atoms with van der Waals surface area (Å²) in [6.07, 6.45) is 0. The normalized spacial score (nSPS) is 12.4. The summed E-state index contributed by atoms with van der Waals surface area (Å²) in [5, 5.41) is 10.2. The molecule has 5 nitrogen and oxygen atoms in total. The molecule has 0 aromatic heterocycles. The number of rotatable bonds is 4. The van der Waals surface area contributed by atoms with Crippen molar-refractivity contribution in [2.75, 3.05) is 6.61 Å². The third kappa shape index (κ3) is 4.03. The first-order chi connectivity index (χ1) is 10.6. The van der Waals surface area contributed by atoms with Crippen molar-refractivity contribution < 1.29 is 9.53 Å². The van der Waals surface area contributed by atoms with Gasteiger partial charge in [-0.05, 0) is 29.8 Å². The summed E-state index contributed by atoms with van der Waals surface area (Å²) >= 11 is 5.78. The molecule has 0 unspecified atom stereocenters. The minimum Gasteiger partial charge on any atom is -0.484 e. The van der Waals surface area contributed by atoms with Gasteiger partial charge in [0.15, 0.2) is 6.61 Å². The fourth-order valence-corrected chi connectivity index (χ4v) is 2.37. The first kappa shape index (κ1) is 17.3. The van der Waals surface area contributed by atoms with E-state index < -0.39 is 0 Å². The van der Waals surface area contributed by atoms with Crippen molar-refractivity contribution in [3.05, 3.63) is 64.7 Å². The molecule has 2 aromatic carbocycles. The van der Waals surface area contributed by atoms with Gasteiger partial charge in [0, 0.05) is 10.6 Å². The molecule has 2 N–H and O–H groups in total. The van der Waals surface area contributed by atoms with Crippen LogP contribution in [0.4, 0.5) is 0 Å². The number of carbonyl (C=O) groups excluding carboxylic acids is 1. The average molecular weight is 397 g/mol. The van der Waals surface area contributed by atoms with Gasteiger partial charge >= 0.3 is 0 Å². The molecule has 3 rings (SSSR count). The standard InChI is InChI=1S/C16H14ClN3O2.BrH/c17-12-5-7-13(8-6-12)22-10-15(21)19-20-9-11-3-1-2-4-14(11)16(20)18;/h1-8,18H,9-10H2,(H,19,21);1H. The summed E-state index contributed by atoms with van der Waals surface area (Å²) in [7, 11) is 0. The summed E-state index contributed by atoms with van der Waals surface area (Å²) in [6.45, 7) is 0.365. The molecular formula is C16H15BrClN3O2. The maximum atomic E-state index is 11.9. The van der Waals surface area contributed by atoms with Crippen LogP contribution in [0.15, 0.2) is 48.5 Å². The second-order valence-corrected chi connectivity index (χ2v) is 5.31. The van der Waals surface area contributed by atoms with E-state index >= 15 is 0 Å². The Bertz CT molecular complexity index is 722. The summed E-state index contributed by atoms with van der Waals surface area (Å²) in [5.41, 5.74) is 4.53. The minimum atomic E-state index is -0.312. The number of benzene rings is 2. The zero-order chi connectivity index (χ0) is 15.5. The van der Waals surface area contributed by atoms with Gasteiger partial charge in [-0.1, -0.05) is 35.9 Å². The number of amides is 1. The molecule has 1 amide bonds. The lowest BCUT2D eigenvalue weighted by molar-refractivity contribution is -0.126. The van der Waals surface area contributed by atoms with E-state index in [-0.39, 0.29) is 35.3 Å². The zero-order valence-electron chi connectivity index (χ0n) is 12.1. The van der Waals surface area contributed by atoms with Crippen LogP contribution < -0.4 is 10.2 Å². The lowest BCUT2D eigenvalue weighted by Gasteiger charge is -2.19. The number of halogens is 2. The average Bonchev–Trinajstić information content (AvgIpc) is 2.83. The smallest absolute Gasteiger partial charge is 0.276 e. The highest BCUT2D eigenvalue weighted by molar-refractivity contribution is 8.93. The van der Waals surface area contributed by atoms with E-state index in [2.05, 4.69) is 5.43 Å². The van der Waals surface area contributed by atoms with Crippen LogP contribution >= 0.6 is 28.6 Å². The second-order valence-electron chi connectivity index (χ2n) is 4.87. The van der Waals surface area contributed by atoms with Crippen molar-refractivity contribution in [2.24, 2.45) is 0 Å². The number of nitrogens with zero attached hydrogens (tertiary/aromatic N) is 1. The van der Waals surface area contributed by atoms with Crippen LogP contribution in [0.2, 0.25) is 5.02 Å². The number of fused-ring (bicyclic) bond motifs is 1. The number of amidine groups is 1. The molecule has 1 aliphatic heterocycles. The molecule has 0 fully saturated rings. The molecule has 0 radical (unpaired) electrons. The third-order valence-electron chi connectivity index (χ3n) is 3.31. The van der Waals surface area contributed by atoms with E-state index in [1.165, 1.54) is 5.01 Å². The number of ether oxygens (including phenoxy) is 1. The topological polar surface area (TPSA) is 65.4 Å². The Hall–Kier alpha value is -2.05. The Morgan fingerprint density at radius 2 is 1.91 bits per heavy atom. The van der Waals surface area contributed by atoms with Crippen LogP contribution in [0, 0.1) is 5.41 Å². The maximum absolute atomic E-state index is 11.9. The van der Waals surface area contributed by atoms with Gasteiger partial charge in [0.2, 0.25) is 0 Å². The van der Waals surface area contributed by atoms with Crippen molar-refractivity contribution in [2.45, 2.75) is 6.54 Å². The molecule has 23 heavy (non-hydrogen) atoms. The minimum absolute atomic E-state index is 0. The van der Waals surface area contributed by atoms with Crippen LogP contribution in [0.5, 0.6) is 5.75 Å². The first-order valence-corrected chi connectivity index (χ1v) is 7.13. The summed E-state index contributed by atoms with van der Waals surface area (Å²) < 4.78 is 5.38. The van der Waals surface area contributed by atoms with E-state index in [0.29, 0.717) is 17.3 Å². The Morgan fingerprint density at radius 1 is 1.22 bits per heavy atom. The van der Waals surface area contributed by atoms with E-state index in [1.807, 2.05) is 24.3 Å². The van der Waals surface area contributed by atoms with Gasteiger partial charge in [-0.3, -0.25) is 20.6 Å². The van der Waals surface area contributed by atoms with Crippen molar-refractivity contribution in [1.82, 2.24) is 10.4 Å². The van der Waals surface area contributed by atoms with Crippen molar-refractivity contribution in [1.29, 1.82) is 5.41 Å². The van der Waals surface area contributed by atoms with Gasteiger partial charge in [-0.25, -0.2) is 0 Å². The van der Waals surface area contributed by atoms with Crippen molar-refractivity contribution >= 4 is 40.3 Å². The lowest BCUT2D eigenvalue weighted by Crippen LogP contribution is -2.44. The number of hydrogen-bond acceptors (Lipinski definition) is 3. The Morgan fingerprint density at radius 3 is 2.61 bits per heavy atom. The fraction of sp³-hybridized carbons (Fsp3) is 0.125. The van der Waals surface area contributed by atoms with Gasteiger partial charge < -0.3 is 4.74 Å². The number of carbonyl (C=O) groups is 1. The van der Waals surface area contributed by atoms with E-state index in [1.54, 1.807) is 24.3 Å². The van der Waals surface area contributed by atoms with Crippen LogP contribution in [0.3, 0.4) is 0 Å². The SMILES string of the molecule is Br.N=C1c2ccccc2CN1NC(=O)COc1ccc(Cl)cc1. The highest BCUT2D eigenvalue weighted by Crippen LogP contribution is 2.20. The number of hydrazine groups is 1. The second kappa shape index (κ2) is 7.48. The molecule has 0 saturated heterocycles. The molecule has 120 valence electrons. The van der Waals surface area contributed by atoms with E-state index in [9.17, 15) is 4.79 Å². The van der Waals surface area contributed by atoms with Crippen molar-refractivity contribution in [3.8, 4) is 5.75 Å². The maximum Gasteiger partial charge on any atom is 0.276 e. The highest BCUT2D eigenvalue weighted by Gasteiger charge is 2.24. The number of hydrogen-bond donors (Lipinski definition) is 2. The van der Waals surface area contributed by atoms with Gasteiger partial charge in [-0.15, -0.1) is 17.0 Å². The number of nitrogens with one attached hydrogen (secondary N) is 2. The summed E-state index contributed by atoms with van der Waals surface area (Å²) in [4.78, 5) is 11.9. The Labute approximate surface area is 149 Å². The molecule has 1 heterocycles.